The Morgan fingerprint density at radius 3 is 2.67 bits per heavy atom. The van der Waals surface area contributed by atoms with Gasteiger partial charge < -0.3 is 5.32 Å². The Balaban J connectivity index is 1.54. The van der Waals surface area contributed by atoms with Gasteiger partial charge in [0.25, 0.3) is 0 Å². The van der Waals surface area contributed by atoms with Crippen LogP contribution < -0.4 is 5.32 Å². The van der Waals surface area contributed by atoms with Crippen molar-refractivity contribution in [1.29, 1.82) is 0 Å². The highest BCUT2D eigenvalue weighted by atomic mass is 35.5. The number of sulfonamides is 1. The lowest BCUT2D eigenvalue weighted by atomic mass is 10.1. The molecule has 1 saturated heterocycles. The molecule has 1 fully saturated rings. The number of pyridine rings is 1. The second kappa shape index (κ2) is 8.55. The molecule has 0 radical (unpaired) electrons. The number of para-hydroxylation sites is 1. The van der Waals surface area contributed by atoms with Crippen LogP contribution in [0.3, 0.4) is 0 Å². The standard InChI is InChI=1S/C22H20ClN3O3S/c23-19-10-9-18(15-20(19)30(28,29)26-13-1-2-14-26)25-21(27)11-8-17-6-3-5-16-7-4-12-24-22(16)17/h3-12,15H,1-2,13-14H2,(H,25,27)/b11-8+. The quantitative estimate of drug-likeness (QED) is 0.598. The lowest BCUT2D eigenvalue weighted by Gasteiger charge is -2.17. The van der Waals surface area contributed by atoms with Gasteiger partial charge in [-0.25, -0.2) is 8.42 Å². The van der Waals surface area contributed by atoms with E-state index in [1.54, 1.807) is 18.3 Å². The van der Waals surface area contributed by atoms with Crippen LogP contribution in [0.5, 0.6) is 0 Å². The second-order valence-electron chi connectivity index (χ2n) is 7.00. The van der Waals surface area contributed by atoms with Crippen LogP contribution >= 0.6 is 11.6 Å². The summed E-state index contributed by atoms with van der Waals surface area (Å²) in [7, 11) is -3.68. The molecule has 0 aliphatic carbocycles. The van der Waals surface area contributed by atoms with Crippen molar-refractivity contribution in [1.82, 2.24) is 9.29 Å². The molecule has 1 amide bonds. The summed E-state index contributed by atoms with van der Waals surface area (Å²) in [5.41, 5.74) is 1.98. The van der Waals surface area contributed by atoms with Crippen molar-refractivity contribution in [2.75, 3.05) is 18.4 Å². The Bertz CT molecular complexity index is 1230. The second-order valence-corrected chi connectivity index (χ2v) is 9.31. The molecule has 1 aromatic heterocycles. The molecule has 4 rings (SSSR count). The summed E-state index contributed by atoms with van der Waals surface area (Å²) in [4.78, 5) is 16.8. The molecule has 1 N–H and O–H groups in total. The van der Waals surface area contributed by atoms with E-state index >= 15 is 0 Å². The fourth-order valence-electron chi connectivity index (χ4n) is 3.46. The SMILES string of the molecule is O=C(/C=C/c1cccc2cccnc12)Nc1ccc(Cl)c(S(=O)(=O)N2CCCC2)c1. The first-order chi connectivity index (χ1) is 14.4. The zero-order valence-corrected chi connectivity index (χ0v) is 17.7. The lowest BCUT2D eigenvalue weighted by Crippen LogP contribution is -2.28. The lowest BCUT2D eigenvalue weighted by molar-refractivity contribution is -0.111. The number of rotatable bonds is 5. The van der Waals surface area contributed by atoms with Crippen molar-refractivity contribution < 1.29 is 13.2 Å². The van der Waals surface area contributed by atoms with Crippen molar-refractivity contribution in [3.8, 4) is 0 Å². The van der Waals surface area contributed by atoms with Gasteiger partial charge in [0.05, 0.1) is 10.5 Å². The van der Waals surface area contributed by atoms with Gasteiger partial charge in [0, 0.05) is 42.0 Å². The fraction of sp³-hybridized carbons (Fsp3) is 0.182. The minimum absolute atomic E-state index is 0.00565. The van der Waals surface area contributed by atoms with Crippen LogP contribution in [-0.2, 0) is 14.8 Å². The van der Waals surface area contributed by atoms with Crippen molar-refractivity contribution in [3.05, 3.63) is 71.4 Å². The van der Waals surface area contributed by atoms with Gasteiger partial charge in [-0.1, -0.05) is 35.9 Å². The van der Waals surface area contributed by atoms with Crippen LogP contribution in [0, 0.1) is 0 Å². The van der Waals surface area contributed by atoms with Crippen LogP contribution in [0.25, 0.3) is 17.0 Å². The van der Waals surface area contributed by atoms with Crippen LogP contribution in [0.2, 0.25) is 5.02 Å². The topological polar surface area (TPSA) is 79.4 Å². The maximum atomic E-state index is 12.8. The van der Waals surface area contributed by atoms with Crippen molar-refractivity contribution in [3.63, 3.8) is 0 Å². The number of fused-ring (bicyclic) bond motifs is 1. The number of carbonyl (C=O) groups is 1. The summed E-state index contributed by atoms with van der Waals surface area (Å²) in [6.45, 7) is 0.966. The van der Waals surface area contributed by atoms with Crippen molar-refractivity contribution in [2.24, 2.45) is 0 Å². The summed E-state index contributed by atoms with van der Waals surface area (Å²) < 4.78 is 27.1. The Kier molecular flexibility index (Phi) is 5.85. The highest BCUT2D eigenvalue weighted by Gasteiger charge is 2.29. The number of anilines is 1. The molecule has 30 heavy (non-hydrogen) atoms. The average molecular weight is 442 g/mol. The first-order valence-corrected chi connectivity index (χ1v) is 11.4. The summed E-state index contributed by atoms with van der Waals surface area (Å²) in [5, 5.41) is 3.82. The van der Waals surface area contributed by atoms with E-state index in [1.165, 1.54) is 22.5 Å². The van der Waals surface area contributed by atoms with Crippen molar-refractivity contribution in [2.45, 2.75) is 17.7 Å². The van der Waals surface area contributed by atoms with Crippen LogP contribution in [0.15, 0.2) is 65.7 Å². The Labute approximate surface area is 180 Å². The largest absolute Gasteiger partial charge is 0.322 e. The van der Waals surface area contributed by atoms with Gasteiger partial charge in [-0.3, -0.25) is 9.78 Å². The van der Waals surface area contributed by atoms with E-state index in [9.17, 15) is 13.2 Å². The molecule has 6 nitrogen and oxygen atoms in total. The number of nitrogens with zero attached hydrogens (tertiary/aromatic N) is 2. The van der Waals surface area contributed by atoms with Gasteiger partial charge >= 0.3 is 0 Å². The molecule has 2 heterocycles. The van der Waals surface area contributed by atoms with Gasteiger partial charge in [0.2, 0.25) is 15.9 Å². The zero-order valence-electron chi connectivity index (χ0n) is 16.1. The number of nitrogens with one attached hydrogen (secondary N) is 1. The minimum Gasteiger partial charge on any atom is -0.322 e. The van der Waals surface area contributed by atoms with Gasteiger partial charge in [-0.05, 0) is 43.2 Å². The number of aromatic nitrogens is 1. The van der Waals surface area contributed by atoms with E-state index < -0.39 is 10.0 Å². The first kappa shape index (κ1) is 20.5. The average Bonchev–Trinajstić information content (AvgIpc) is 3.29. The molecule has 8 heteroatoms. The number of hydrogen-bond donors (Lipinski definition) is 1. The van der Waals surface area contributed by atoms with Crippen LogP contribution in [0.4, 0.5) is 5.69 Å². The van der Waals surface area contributed by atoms with E-state index in [-0.39, 0.29) is 15.8 Å². The molecule has 3 aromatic rings. The smallest absolute Gasteiger partial charge is 0.248 e. The molecule has 0 bridgehead atoms. The van der Waals surface area contributed by atoms with E-state index in [1.807, 2.05) is 30.3 Å². The minimum atomic E-state index is -3.68. The van der Waals surface area contributed by atoms with E-state index in [0.717, 1.165) is 29.3 Å². The number of hydrogen-bond acceptors (Lipinski definition) is 4. The Morgan fingerprint density at radius 2 is 1.87 bits per heavy atom. The predicted molar refractivity (Wildman–Crippen MR) is 119 cm³/mol. The fourth-order valence-corrected chi connectivity index (χ4v) is 5.48. The number of carbonyl (C=O) groups excluding carboxylic acids is 1. The van der Waals surface area contributed by atoms with Gasteiger partial charge in [0.15, 0.2) is 0 Å². The highest BCUT2D eigenvalue weighted by Crippen LogP contribution is 2.29. The monoisotopic (exact) mass is 441 g/mol. The molecule has 0 atom stereocenters. The molecule has 0 spiro atoms. The van der Waals surface area contributed by atoms with E-state index in [4.69, 9.17) is 11.6 Å². The van der Waals surface area contributed by atoms with Gasteiger partial charge in [0.1, 0.15) is 4.90 Å². The van der Waals surface area contributed by atoms with Crippen LogP contribution in [-0.4, -0.2) is 36.7 Å². The summed E-state index contributed by atoms with van der Waals surface area (Å²) in [6, 6.07) is 14.0. The van der Waals surface area contributed by atoms with Crippen LogP contribution in [0.1, 0.15) is 18.4 Å². The molecular formula is C22H20ClN3O3S. The molecule has 2 aromatic carbocycles. The maximum Gasteiger partial charge on any atom is 0.248 e. The summed E-state index contributed by atoms with van der Waals surface area (Å²) >= 11 is 6.15. The molecule has 154 valence electrons. The first-order valence-electron chi connectivity index (χ1n) is 9.58. The third-order valence-corrected chi connectivity index (χ3v) is 7.34. The normalized spacial score (nSPS) is 15.1. The maximum absolute atomic E-state index is 12.8. The summed E-state index contributed by atoms with van der Waals surface area (Å²) in [5.74, 6) is -0.380. The molecule has 1 aliphatic heterocycles. The van der Waals surface area contributed by atoms with E-state index in [0.29, 0.717) is 18.8 Å². The zero-order chi connectivity index (χ0) is 21.1. The van der Waals surface area contributed by atoms with Crippen molar-refractivity contribution >= 4 is 50.2 Å². The number of halogens is 1. The third kappa shape index (κ3) is 4.23. The molecule has 0 saturated carbocycles. The number of benzene rings is 2. The molecular weight excluding hydrogens is 422 g/mol. The number of amides is 1. The van der Waals surface area contributed by atoms with Gasteiger partial charge in [-0.15, -0.1) is 0 Å². The summed E-state index contributed by atoms with van der Waals surface area (Å²) in [6.07, 6.45) is 6.45. The predicted octanol–water partition coefficient (Wildman–Crippen LogP) is 4.32. The Morgan fingerprint density at radius 1 is 1.10 bits per heavy atom. The molecule has 1 aliphatic rings. The molecule has 0 unspecified atom stereocenters. The third-order valence-electron chi connectivity index (χ3n) is 4.96. The van der Waals surface area contributed by atoms with Gasteiger partial charge in [-0.2, -0.15) is 4.31 Å². The Hall–Kier alpha value is -2.74. The highest BCUT2D eigenvalue weighted by molar-refractivity contribution is 7.89. The van der Waals surface area contributed by atoms with E-state index in [2.05, 4.69) is 10.3 Å².